The van der Waals surface area contributed by atoms with Gasteiger partial charge in [0.05, 0.1) is 26.4 Å². The highest BCUT2D eigenvalue weighted by Crippen LogP contribution is 2.31. The van der Waals surface area contributed by atoms with Gasteiger partial charge in [-0.05, 0) is 54.3 Å². The largest absolute Gasteiger partial charge is 0.497 e. The Morgan fingerprint density at radius 1 is 1.13 bits per heavy atom. The van der Waals surface area contributed by atoms with Crippen molar-refractivity contribution in [2.24, 2.45) is 0 Å². The van der Waals surface area contributed by atoms with Crippen LogP contribution in [0.15, 0.2) is 42.5 Å². The average Bonchev–Trinajstić information content (AvgIpc) is 2.80. The molecular formula is C24H31N3O3. The van der Waals surface area contributed by atoms with Gasteiger partial charge in [-0.2, -0.15) is 0 Å². The number of morpholine rings is 1. The van der Waals surface area contributed by atoms with Crippen molar-refractivity contribution in [2.75, 3.05) is 58.5 Å². The maximum Gasteiger partial charge on any atom is 0.251 e. The first-order valence-electron chi connectivity index (χ1n) is 10.7. The fourth-order valence-corrected chi connectivity index (χ4v) is 4.39. The molecule has 6 nitrogen and oxygen atoms in total. The van der Waals surface area contributed by atoms with Crippen molar-refractivity contribution in [2.45, 2.75) is 18.9 Å². The predicted octanol–water partition coefficient (Wildman–Crippen LogP) is 2.88. The van der Waals surface area contributed by atoms with Gasteiger partial charge in [0.2, 0.25) is 0 Å². The van der Waals surface area contributed by atoms with Gasteiger partial charge in [0.15, 0.2) is 0 Å². The molecule has 1 fully saturated rings. The lowest BCUT2D eigenvalue weighted by Crippen LogP contribution is -2.44. The molecule has 6 heteroatoms. The van der Waals surface area contributed by atoms with Crippen LogP contribution in [0, 0.1) is 0 Å². The Morgan fingerprint density at radius 2 is 1.90 bits per heavy atom. The molecular weight excluding hydrogens is 378 g/mol. The number of methoxy groups -OCH3 is 1. The third-order valence-electron chi connectivity index (χ3n) is 6.13. The number of fused-ring (bicyclic) bond motifs is 1. The van der Waals surface area contributed by atoms with Crippen LogP contribution < -0.4 is 15.0 Å². The summed E-state index contributed by atoms with van der Waals surface area (Å²) in [5.41, 5.74) is 4.64. The molecule has 2 aromatic rings. The second-order valence-electron chi connectivity index (χ2n) is 8.02. The van der Waals surface area contributed by atoms with Crippen molar-refractivity contribution >= 4 is 11.6 Å². The van der Waals surface area contributed by atoms with Crippen LogP contribution in [0.4, 0.5) is 5.69 Å². The number of nitrogens with zero attached hydrogens (tertiary/aromatic N) is 2. The highest BCUT2D eigenvalue weighted by atomic mass is 16.5. The zero-order valence-electron chi connectivity index (χ0n) is 17.9. The van der Waals surface area contributed by atoms with Gasteiger partial charge >= 0.3 is 0 Å². The molecule has 1 amide bonds. The van der Waals surface area contributed by atoms with Crippen LogP contribution in [0.3, 0.4) is 0 Å². The van der Waals surface area contributed by atoms with E-state index in [-0.39, 0.29) is 11.9 Å². The number of anilines is 1. The lowest BCUT2D eigenvalue weighted by Gasteiger charge is -2.36. The maximum absolute atomic E-state index is 12.7. The molecule has 0 radical (unpaired) electrons. The molecule has 2 heterocycles. The van der Waals surface area contributed by atoms with Crippen molar-refractivity contribution < 1.29 is 14.3 Å². The number of hydrogen-bond donors (Lipinski definition) is 1. The molecule has 2 aliphatic heterocycles. The van der Waals surface area contributed by atoms with Gasteiger partial charge < -0.3 is 19.7 Å². The van der Waals surface area contributed by atoms with E-state index in [0.29, 0.717) is 12.1 Å². The Kier molecular flexibility index (Phi) is 6.55. The minimum atomic E-state index is -0.0615. The Hall–Kier alpha value is -2.57. The topological polar surface area (TPSA) is 54.0 Å². The second-order valence-corrected chi connectivity index (χ2v) is 8.02. The SMILES string of the molecule is COc1ccc(C(=O)NC[C@H](c2ccc3c(c2)CCCN3C)N2CCOCC2)cc1. The van der Waals surface area contributed by atoms with Crippen LogP contribution in [-0.4, -0.2) is 64.4 Å². The Bertz CT molecular complexity index is 862. The van der Waals surface area contributed by atoms with E-state index in [4.69, 9.17) is 9.47 Å². The smallest absolute Gasteiger partial charge is 0.251 e. The number of ether oxygens (including phenoxy) is 2. The highest BCUT2D eigenvalue weighted by Gasteiger charge is 2.25. The third kappa shape index (κ3) is 4.60. The summed E-state index contributed by atoms with van der Waals surface area (Å²) in [7, 11) is 3.78. The van der Waals surface area contributed by atoms with Crippen LogP contribution in [0.1, 0.15) is 33.9 Å². The van der Waals surface area contributed by atoms with E-state index in [1.165, 1.54) is 23.2 Å². The normalized spacial score (nSPS) is 17.9. The van der Waals surface area contributed by atoms with Crippen LogP contribution in [0.25, 0.3) is 0 Å². The molecule has 160 valence electrons. The summed E-state index contributed by atoms with van der Waals surface area (Å²) in [6.07, 6.45) is 2.30. The standard InChI is InChI=1S/C24H31N3O3/c1-26-11-3-4-19-16-20(7-10-22(19)26)23(27-12-14-30-15-13-27)17-25-24(28)18-5-8-21(29-2)9-6-18/h5-10,16,23H,3-4,11-15,17H2,1-2H3,(H,25,28)/t23-/m1/s1. The molecule has 0 aliphatic carbocycles. The van der Waals surface area contributed by atoms with Gasteiger partial charge in [0, 0.05) is 44.5 Å². The summed E-state index contributed by atoms with van der Waals surface area (Å²) in [6, 6.07) is 14.2. The fourth-order valence-electron chi connectivity index (χ4n) is 4.39. The number of carbonyl (C=O) groups is 1. The Labute approximate surface area is 178 Å². The number of amides is 1. The number of benzene rings is 2. The van der Waals surface area contributed by atoms with E-state index in [2.05, 4.69) is 40.4 Å². The molecule has 4 rings (SSSR count). The van der Waals surface area contributed by atoms with Crippen molar-refractivity contribution in [3.05, 3.63) is 59.2 Å². The lowest BCUT2D eigenvalue weighted by atomic mass is 9.95. The zero-order chi connectivity index (χ0) is 20.9. The second kappa shape index (κ2) is 9.49. The first kappa shape index (κ1) is 20.7. The first-order chi connectivity index (χ1) is 14.7. The quantitative estimate of drug-likeness (QED) is 0.795. The average molecular weight is 410 g/mol. The fraction of sp³-hybridized carbons (Fsp3) is 0.458. The molecule has 0 spiro atoms. The minimum absolute atomic E-state index is 0.0615. The van der Waals surface area contributed by atoms with Gasteiger partial charge in [0.1, 0.15) is 5.75 Å². The van der Waals surface area contributed by atoms with E-state index in [0.717, 1.165) is 45.0 Å². The molecule has 0 unspecified atom stereocenters. The number of carbonyl (C=O) groups excluding carboxylic acids is 1. The molecule has 1 saturated heterocycles. The molecule has 0 bridgehead atoms. The summed E-state index contributed by atoms with van der Waals surface area (Å²) in [5.74, 6) is 0.686. The lowest BCUT2D eigenvalue weighted by molar-refractivity contribution is 0.0162. The number of aryl methyl sites for hydroxylation is 1. The van der Waals surface area contributed by atoms with E-state index >= 15 is 0 Å². The van der Waals surface area contributed by atoms with Crippen molar-refractivity contribution in [1.29, 1.82) is 0 Å². The van der Waals surface area contributed by atoms with Crippen molar-refractivity contribution in [3.8, 4) is 5.75 Å². The summed E-state index contributed by atoms with van der Waals surface area (Å²) in [4.78, 5) is 17.5. The van der Waals surface area contributed by atoms with E-state index in [9.17, 15) is 4.79 Å². The van der Waals surface area contributed by atoms with E-state index in [1.54, 1.807) is 19.2 Å². The van der Waals surface area contributed by atoms with Gasteiger partial charge in [0.25, 0.3) is 5.91 Å². The molecule has 2 aromatic carbocycles. The van der Waals surface area contributed by atoms with Gasteiger partial charge in [-0.15, -0.1) is 0 Å². The van der Waals surface area contributed by atoms with Crippen LogP contribution in [0.2, 0.25) is 0 Å². The number of rotatable bonds is 6. The summed E-state index contributed by atoms with van der Waals surface area (Å²) >= 11 is 0. The molecule has 1 atom stereocenters. The Balaban J connectivity index is 1.52. The summed E-state index contributed by atoms with van der Waals surface area (Å²) in [5, 5.41) is 3.15. The van der Waals surface area contributed by atoms with E-state index in [1.807, 2.05) is 12.1 Å². The minimum Gasteiger partial charge on any atom is -0.497 e. The Morgan fingerprint density at radius 3 is 2.63 bits per heavy atom. The first-order valence-corrected chi connectivity index (χ1v) is 10.7. The van der Waals surface area contributed by atoms with Gasteiger partial charge in [-0.1, -0.05) is 12.1 Å². The maximum atomic E-state index is 12.7. The van der Waals surface area contributed by atoms with Crippen LogP contribution in [-0.2, 0) is 11.2 Å². The molecule has 0 saturated carbocycles. The van der Waals surface area contributed by atoms with Crippen molar-refractivity contribution in [1.82, 2.24) is 10.2 Å². The molecule has 1 N–H and O–H groups in total. The highest BCUT2D eigenvalue weighted by molar-refractivity contribution is 5.94. The third-order valence-corrected chi connectivity index (χ3v) is 6.13. The summed E-state index contributed by atoms with van der Waals surface area (Å²) < 4.78 is 10.7. The molecule has 2 aliphatic rings. The van der Waals surface area contributed by atoms with Crippen LogP contribution in [0.5, 0.6) is 5.75 Å². The number of hydrogen-bond acceptors (Lipinski definition) is 5. The number of nitrogens with one attached hydrogen (secondary N) is 1. The molecule has 30 heavy (non-hydrogen) atoms. The van der Waals surface area contributed by atoms with Gasteiger partial charge in [-0.25, -0.2) is 0 Å². The van der Waals surface area contributed by atoms with E-state index < -0.39 is 0 Å². The predicted molar refractivity (Wildman–Crippen MR) is 118 cm³/mol. The van der Waals surface area contributed by atoms with Crippen LogP contribution >= 0.6 is 0 Å². The monoisotopic (exact) mass is 409 g/mol. The summed E-state index contributed by atoms with van der Waals surface area (Å²) in [6.45, 7) is 4.89. The van der Waals surface area contributed by atoms with Gasteiger partial charge in [-0.3, -0.25) is 9.69 Å². The molecule has 0 aromatic heterocycles. The van der Waals surface area contributed by atoms with Crippen molar-refractivity contribution in [3.63, 3.8) is 0 Å². The zero-order valence-corrected chi connectivity index (χ0v) is 17.9.